The molecule has 2 aromatic carbocycles. The van der Waals surface area contributed by atoms with E-state index in [0.29, 0.717) is 10.7 Å². The largest absolute Gasteiger partial charge is 0.488 e. The number of thiazole rings is 1. The fourth-order valence-electron chi connectivity index (χ4n) is 2.72. The average molecular weight is 348 g/mol. The molecule has 4 nitrogen and oxygen atoms in total. The van der Waals surface area contributed by atoms with E-state index in [2.05, 4.69) is 4.98 Å². The van der Waals surface area contributed by atoms with Crippen LogP contribution in [0.2, 0.25) is 0 Å². The fourth-order valence-corrected chi connectivity index (χ4v) is 3.54. The van der Waals surface area contributed by atoms with Crippen LogP contribution in [0.15, 0.2) is 65.6 Å². The molecule has 2 heterocycles. The number of carbonyl (C=O) groups excluding carboxylic acids is 1. The summed E-state index contributed by atoms with van der Waals surface area (Å²) < 4.78 is 5.75. The van der Waals surface area contributed by atoms with Crippen LogP contribution in [0.25, 0.3) is 6.08 Å². The summed E-state index contributed by atoms with van der Waals surface area (Å²) in [5, 5.41) is 2.60. The van der Waals surface area contributed by atoms with Crippen molar-refractivity contribution in [1.29, 1.82) is 0 Å². The minimum absolute atomic E-state index is 0.116. The Hall–Kier alpha value is -2.92. The van der Waals surface area contributed by atoms with Crippen LogP contribution in [0.4, 0.5) is 10.8 Å². The zero-order chi connectivity index (χ0) is 17.2. The van der Waals surface area contributed by atoms with Gasteiger partial charge in [-0.1, -0.05) is 36.4 Å². The van der Waals surface area contributed by atoms with Crippen LogP contribution in [0.3, 0.4) is 0 Å². The minimum Gasteiger partial charge on any atom is -0.488 e. The third-order valence-corrected chi connectivity index (χ3v) is 4.87. The molecular weight excluding hydrogens is 332 g/mol. The second-order valence-electron chi connectivity index (χ2n) is 5.74. The number of nitrogens with zero attached hydrogens (tertiary/aromatic N) is 2. The van der Waals surface area contributed by atoms with E-state index < -0.39 is 0 Å². The summed E-state index contributed by atoms with van der Waals surface area (Å²) in [6.07, 6.45) is 1.90. The minimum atomic E-state index is -0.116. The third kappa shape index (κ3) is 3.06. The number of benzene rings is 2. The zero-order valence-corrected chi connectivity index (χ0v) is 14.5. The van der Waals surface area contributed by atoms with E-state index in [9.17, 15) is 4.79 Å². The fraction of sp³-hybridized carbons (Fsp3) is 0.100. The van der Waals surface area contributed by atoms with Gasteiger partial charge in [-0.15, -0.1) is 11.3 Å². The van der Waals surface area contributed by atoms with Crippen molar-refractivity contribution in [3.8, 4) is 5.75 Å². The number of hydrogen-bond donors (Lipinski definition) is 0. The maximum absolute atomic E-state index is 13.3. The average Bonchev–Trinajstić information content (AvgIpc) is 3.08. The first-order chi connectivity index (χ1) is 12.2. The predicted octanol–water partition coefficient (Wildman–Crippen LogP) is 4.59. The maximum Gasteiger partial charge on any atom is 0.264 e. The van der Waals surface area contributed by atoms with Gasteiger partial charge in [0.2, 0.25) is 0 Å². The van der Waals surface area contributed by atoms with Gasteiger partial charge in [0, 0.05) is 10.9 Å². The summed E-state index contributed by atoms with van der Waals surface area (Å²) in [5.41, 5.74) is 3.21. The maximum atomic E-state index is 13.3. The van der Waals surface area contributed by atoms with Crippen LogP contribution in [-0.4, -0.2) is 17.5 Å². The van der Waals surface area contributed by atoms with E-state index in [1.807, 2.05) is 73.0 Å². The SMILES string of the molecule is Cc1csc(N(C(=O)C2=Cc3ccccc3OC2)c2ccccc2)n1. The van der Waals surface area contributed by atoms with Gasteiger partial charge in [0.15, 0.2) is 5.13 Å². The molecule has 0 N–H and O–H groups in total. The number of carbonyl (C=O) groups is 1. The molecule has 1 aromatic heterocycles. The molecule has 3 aromatic rings. The number of aromatic nitrogens is 1. The highest BCUT2D eigenvalue weighted by Gasteiger charge is 2.26. The number of aryl methyl sites for hydroxylation is 1. The summed E-state index contributed by atoms with van der Waals surface area (Å²) in [4.78, 5) is 19.4. The molecular formula is C20H16N2O2S. The van der Waals surface area contributed by atoms with Crippen LogP contribution in [0.5, 0.6) is 5.75 Å². The van der Waals surface area contributed by atoms with E-state index in [0.717, 1.165) is 22.7 Å². The molecule has 25 heavy (non-hydrogen) atoms. The highest BCUT2D eigenvalue weighted by atomic mass is 32.1. The smallest absolute Gasteiger partial charge is 0.264 e. The number of amides is 1. The first-order valence-electron chi connectivity index (χ1n) is 7.96. The van der Waals surface area contributed by atoms with Gasteiger partial charge in [0.25, 0.3) is 5.91 Å². The van der Waals surface area contributed by atoms with E-state index in [4.69, 9.17) is 4.74 Å². The van der Waals surface area contributed by atoms with Gasteiger partial charge < -0.3 is 4.74 Å². The van der Waals surface area contributed by atoms with Crippen LogP contribution in [0.1, 0.15) is 11.3 Å². The predicted molar refractivity (Wildman–Crippen MR) is 100 cm³/mol. The molecule has 5 heteroatoms. The summed E-state index contributed by atoms with van der Waals surface area (Å²) in [5.74, 6) is 0.686. The van der Waals surface area contributed by atoms with Gasteiger partial charge in [-0.25, -0.2) is 4.98 Å². The van der Waals surface area contributed by atoms with Crippen molar-refractivity contribution in [1.82, 2.24) is 4.98 Å². The molecule has 0 saturated carbocycles. The van der Waals surface area contributed by atoms with E-state index in [1.54, 1.807) is 4.90 Å². The Balaban J connectivity index is 1.75. The lowest BCUT2D eigenvalue weighted by atomic mass is 10.1. The van der Waals surface area contributed by atoms with Gasteiger partial charge in [0.1, 0.15) is 12.4 Å². The Bertz CT molecular complexity index is 947. The summed E-state index contributed by atoms with van der Waals surface area (Å²) in [7, 11) is 0. The van der Waals surface area contributed by atoms with Crippen molar-refractivity contribution in [3.05, 3.63) is 76.8 Å². The van der Waals surface area contributed by atoms with Crippen LogP contribution in [-0.2, 0) is 4.79 Å². The molecule has 0 saturated heterocycles. The summed E-state index contributed by atoms with van der Waals surface area (Å²) in [6.45, 7) is 2.18. The molecule has 0 bridgehead atoms. The van der Waals surface area contributed by atoms with Crippen LogP contribution < -0.4 is 9.64 Å². The number of para-hydroxylation sites is 2. The highest BCUT2D eigenvalue weighted by Crippen LogP contribution is 2.32. The lowest BCUT2D eigenvalue weighted by molar-refractivity contribution is -0.114. The lowest BCUT2D eigenvalue weighted by Gasteiger charge is -2.24. The van der Waals surface area contributed by atoms with Crippen molar-refractivity contribution >= 4 is 34.1 Å². The van der Waals surface area contributed by atoms with Crippen molar-refractivity contribution in [3.63, 3.8) is 0 Å². The van der Waals surface area contributed by atoms with Crippen molar-refractivity contribution in [2.75, 3.05) is 11.5 Å². The van der Waals surface area contributed by atoms with Gasteiger partial charge in [-0.05, 0) is 31.2 Å². The zero-order valence-electron chi connectivity index (χ0n) is 13.7. The number of ether oxygens (including phenoxy) is 1. The summed E-state index contributed by atoms with van der Waals surface area (Å²) >= 11 is 1.46. The van der Waals surface area contributed by atoms with Crippen LogP contribution in [0, 0.1) is 6.92 Å². The summed E-state index contributed by atoms with van der Waals surface area (Å²) in [6, 6.07) is 17.3. The number of hydrogen-bond acceptors (Lipinski definition) is 4. The van der Waals surface area contributed by atoms with Crippen molar-refractivity contribution in [2.24, 2.45) is 0 Å². The molecule has 0 spiro atoms. The standard InChI is InChI=1S/C20H16N2O2S/c1-14-13-25-20(21-14)22(17-8-3-2-4-9-17)19(23)16-11-15-7-5-6-10-18(15)24-12-16/h2-11,13H,12H2,1H3. The number of rotatable bonds is 3. The number of fused-ring (bicyclic) bond motifs is 1. The first-order valence-corrected chi connectivity index (χ1v) is 8.84. The Labute approximate surface area is 150 Å². The third-order valence-electron chi connectivity index (χ3n) is 3.92. The molecule has 0 atom stereocenters. The Morgan fingerprint density at radius 3 is 2.64 bits per heavy atom. The molecule has 124 valence electrons. The Morgan fingerprint density at radius 2 is 1.88 bits per heavy atom. The Morgan fingerprint density at radius 1 is 1.12 bits per heavy atom. The van der Waals surface area contributed by atoms with E-state index in [1.165, 1.54) is 11.3 Å². The van der Waals surface area contributed by atoms with E-state index >= 15 is 0 Å². The quantitative estimate of drug-likeness (QED) is 0.695. The first kappa shape index (κ1) is 15.6. The lowest BCUT2D eigenvalue weighted by Crippen LogP contribution is -2.30. The second kappa shape index (κ2) is 6.53. The van der Waals surface area contributed by atoms with Crippen LogP contribution >= 0.6 is 11.3 Å². The molecule has 0 unspecified atom stereocenters. The molecule has 0 radical (unpaired) electrons. The molecule has 1 aliphatic heterocycles. The van der Waals surface area contributed by atoms with Gasteiger partial charge >= 0.3 is 0 Å². The van der Waals surface area contributed by atoms with Gasteiger partial charge in [-0.2, -0.15) is 0 Å². The Kier molecular flexibility index (Phi) is 4.07. The van der Waals surface area contributed by atoms with Gasteiger partial charge in [0.05, 0.1) is 17.0 Å². The molecule has 1 amide bonds. The van der Waals surface area contributed by atoms with E-state index in [-0.39, 0.29) is 12.5 Å². The monoisotopic (exact) mass is 348 g/mol. The number of anilines is 2. The molecule has 4 rings (SSSR count). The molecule has 1 aliphatic rings. The van der Waals surface area contributed by atoms with Crippen molar-refractivity contribution < 1.29 is 9.53 Å². The van der Waals surface area contributed by atoms with Gasteiger partial charge in [-0.3, -0.25) is 9.69 Å². The molecule has 0 fully saturated rings. The second-order valence-corrected chi connectivity index (χ2v) is 6.58. The molecule has 0 aliphatic carbocycles. The topological polar surface area (TPSA) is 42.4 Å². The normalized spacial score (nSPS) is 12.8. The highest BCUT2D eigenvalue weighted by molar-refractivity contribution is 7.14. The van der Waals surface area contributed by atoms with Crippen molar-refractivity contribution in [2.45, 2.75) is 6.92 Å².